The summed E-state index contributed by atoms with van der Waals surface area (Å²) in [6.07, 6.45) is 9.34. The van der Waals surface area contributed by atoms with Crippen LogP contribution in [0.5, 0.6) is 0 Å². The van der Waals surface area contributed by atoms with E-state index in [0.717, 1.165) is 87.5 Å². The molecule has 0 bridgehead atoms. The molecule has 2 aliphatic heterocycles. The van der Waals surface area contributed by atoms with Gasteiger partial charge in [0.2, 0.25) is 5.91 Å². The highest BCUT2D eigenvalue weighted by molar-refractivity contribution is 5.96. The third-order valence-corrected chi connectivity index (χ3v) is 8.70. The second-order valence-corrected chi connectivity index (χ2v) is 11.3. The lowest BCUT2D eigenvalue weighted by Crippen LogP contribution is -2.54. The molecule has 2 aromatic carbocycles. The average Bonchev–Trinajstić information content (AvgIpc) is 3.54. The molecule has 6 nitrogen and oxygen atoms in total. The molecule has 1 atom stereocenters. The Labute approximate surface area is 237 Å². The van der Waals surface area contributed by atoms with Gasteiger partial charge in [-0.2, -0.15) is 0 Å². The smallest absolute Gasteiger partial charge is 0.254 e. The van der Waals surface area contributed by atoms with Crippen LogP contribution in [0.25, 0.3) is 22.5 Å². The summed E-state index contributed by atoms with van der Waals surface area (Å²) >= 11 is 0. The normalized spacial score (nSPS) is 20.1. The summed E-state index contributed by atoms with van der Waals surface area (Å²) in [5.41, 5.74) is 4.32. The quantitative estimate of drug-likeness (QED) is 0.391. The van der Waals surface area contributed by atoms with E-state index in [1.807, 2.05) is 77.7 Å². The molecule has 1 aliphatic carbocycles. The zero-order valence-electron chi connectivity index (χ0n) is 23.1. The Morgan fingerprint density at radius 3 is 1.88 bits per heavy atom. The number of amides is 2. The van der Waals surface area contributed by atoms with Gasteiger partial charge in [-0.15, -0.1) is 0 Å². The molecule has 3 aliphatic rings. The predicted molar refractivity (Wildman–Crippen MR) is 159 cm³/mol. The van der Waals surface area contributed by atoms with Crippen molar-refractivity contribution in [3.05, 3.63) is 90.5 Å². The summed E-state index contributed by atoms with van der Waals surface area (Å²) in [7, 11) is 0. The number of piperidine rings is 1. The predicted octanol–water partition coefficient (Wildman–Crippen LogP) is 5.52. The average molecular weight is 535 g/mol. The van der Waals surface area contributed by atoms with Crippen molar-refractivity contribution in [1.82, 2.24) is 19.7 Å². The van der Waals surface area contributed by atoms with Gasteiger partial charge >= 0.3 is 0 Å². The molecule has 3 heterocycles. The van der Waals surface area contributed by atoms with Crippen molar-refractivity contribution in [2.24, 2.45) is 5.92 Å². The van der Waals surface area contributed by atoms with Gasteiger partial charge < -0.3 is 9.80 Å². The fourth-order valence-electron chi connectivity index (χ4n) is 6.34. The molecular weight excluding hydrogens is 496 g/mol. The fourth-order valence-corrected chi connectivity index (χ4v) is 6.34. The molecule has 3 aromatic rings. The Morgan fingerprint density at radius 2 is 1.32 bits per heavy atom. The molecule has 0 spiro atoms. The summed E-state index contributed by atoms with van der Waals surface area (Å²) < 4.78 is 0. The maximum atomic E-state index is 13.7. The molecule has 2 amide bonds. The van der Waals surface area contributed by atoms with Gasteiger partial charge in [-0.3, -0.25) is 14.5 Å². The first-order valence-electron chi connectivity index (χ1n) is 14.7. The lowest BCUT2D eigenvalue weighted by molar-refractivity contribution is -0.133. The van der Waals surface area contributed by atoms with Crippen molar-refractivity contribution in [3.63, 3.8) is 0 Å². The number of aromatic nitrogens is 1. The molecule has 1 aromatic heterocycles. The third-order valence-electron chi connectivity index (χ3n) is 8.70. The van der Waals surface area contributed by atoms with Crippen LogP contribution in [0.3, 0.4) is 0 Å². The SMILES string of the molecule is O=C(CC1C=CCC1)N1CCC(N2CCN(C(=O)c3cc(-c4ccccc4)nc(-c4ccccc4)c3)CC2)CC1. The van der Waals surface area contributed by atoms with Crippen molar-refractivity contribution in [2.75, 3.05) is 39.3 Å². The summed E-state index contributed by atoms with van der Waals surface area (Å²) in [5, 5.41) is 0. The van der Waals surface area contributed by atoms with Gasteiger partial charge in [0.1, 0.15) is 0 Å². The van der Waals surface area contributed by atoms with Crippen LogP contribution in [0.1, 0.15) is 42.5 Å². The van der Waals surface area contributed by atoms with E-state index in [2.05, 4.69) is 22.0 Å². The van der Waals surface area contributed by atoms with Gasteiger partial charge in [-0.05, 0) is 43.7 Å². The van der Waals surface area contributed by atoms with Crippen LogP contribution in [0.2, 0.25) is 0 Å². The number of nitrogens with zero attached hydrogens (tertiary/aromatic N) is 4. The highest BCUT2D eigenvalue weighted by atomic mass is 16.2. The molecule has 6 rings (SSSR count). The molecule has 1 unspecified atom stereocenters. The van der Waals surface area contributed by atoms with Crippen LogP contribution in [-0.4, -0.2) is 76.8 Å². The van der Waals surface area contributed by atoms with E-state index in [0.29, 0.717) is 29.9 Å². The van der Waals surface area contributed by atoms with Crippen molar-refractivity contribution in [2.45, 2.75) is 38.1 Å². The lowest BCUT2D eigenvalue weighted by atomic mass is 9.99. The minimum atomic E-state index is 0.0674. The van der Waals surface area contributed by atoms with Crippen molar-refractivity contribution in [1.29, 1.82) is 0 Å². The highest BCUT2D eigenvalue weighted by Crippen LogP contribution is 2.27. The van der Waals surface area contributed by atoms with Crippen molar-refractivity contribution >= 4 is 11.8 Å². The molecule has 6 heteroatoms. The largest absolute Gasteiger partial charge is 0.343 e. The van der Waals surface area contributed by atoms with E-state index in [4.69, 9.17) is 4.98 Å². The van der Waals surface area contributed by atoms with E-state index in [1.54, 1.807) is 0 Å². The van der Waals surface area contributed by atoms with E-state index in [9.17, 15) is 9.59 Å². The maximum absolute atomic E-state index is 13.7. The molecule has 0 radical (unpaired) electrons. The van der Waals surface area contributed by atoms with E-state index < -0.39 is 0 Å². The molecule has 0 saturated carbocycles. The number of benzene rings is 2. The fraction of sp³-hybridized carbons (Fsp3) is 0.382. The highest BCUT2D eigenvalue weighted by Gasteiger charge is 2.31. The van der Waals surface area contributed by atoms with Crippen molar-refractivity contribution < 1.29 is 9.59 Å². The molecular formula is C34H38N4O2. The minimum Gasteiger partial charge on any atom is -0.343 e. The van der Waals surface area contributed by atoms with Gasteiger partial charge in [-0.25, -0.2) is 4.98 Å². The summed E-state index contributed by atoms with van der Waals surface area (Å²) in [5.74, 6) is 0.814. The zero-order chi connectivity index (χ0) is 27.3. The lowest BCUT2D eigenvalue weighted by Gasteiger charge is -2.43. The first-order chi connectivity index (χ1) is 19.6. The topological polar surface area (TPSA) is 56.8 Å². The first-order valence-corrected chi connectivity index (χ1v) is 14.7. The van der Waals surface area contributed by atoms with Gasteiger partial charge in [0.05, 0.1) is 11.4 Å². The number of likely N-dealkylation sites (tertiary alicyclic amines) is 1. The number of pyridine rings is 1. The van der Waals surface area contributed by atoms with Gasteiger partial charge in [0.15, 0.2) is 0 Å². The Kier molecular flexibility index (Phi) is 8.05. The molecule has 2 fully saturated rings. The number of carbonyl (C=O) groups is 2. The zero-order valence-corrected chi connectivity index (χ0v) is 23.1. The number of allylic oxidation sites excluding steroid dienone is 2. The molecule has 0 N–H and O–H groups in total. The minimum absolute atomic E-state index is 0.0674. The number of rotatable bonds is 6. The van der Waals surface area contributed by atoms with E-state index >= 15 is 0 Å². The van der Waals surface area contributed by atoms with Crippen LogP contribution in [0.15, 0.2) is 84.9 Å². The van der Waals surface area contributed by atoms with Crippen LogP contribution in [-0.2, 0) is 4.79 Å². The second-order valence-electron chi connectivity index (χ2n) is 11.3. The molecule has 40 heavy (non-hydrogen) atoms. The summed E-state index contributed by atoms with van der Waals surface area (Å²) in [6, 6.07) is 24.5. The van der Waals surface area contributed by atoms with E-state index in [-0.39, 0.29) is 5.91 Å². The Balaban J connectivity index is 1.08. The Morgan fingerprint density at radius 1 is 0.725 bits per heavy atom. The van der Waals surface area contributed by atoms with Gasteiger partial charge in [0.25, 0.3) is 5.91 Å². The molecule has 206 valence electrons. The van der Waals surface area contributed by atoms with Gasteiger partial charge in [-0.1, -0.05) is 72.8 Å². The van der Waals surface area contributed by atoms with Gasteiger partial charge in [0, 0.05) is 68.4 Å². The van der Waals surface area contributed by atoms with Crippen LogP contribution in [0.4, 0.5) is 0 Å². The number of carbonyl (C=O) groups excluding carboxylic acids is 2. The maximum Gasteiger partial charge on any atom is 0.254 e. The third kappa shape index (κ3) is 6.02. The summed E-state index contributed by atoms with van der Waals surface area (Å²) in [4.78, 5) is 38.0. The Bertz CT molecular complexity index is 1280. The van der Waals surface area contributed by atoms with Crippen LogP contribution >= 0.6 is 0 Å². The number of hydrogen-bond acceptors (Lipinski definition) is 4. The van der Waals surface area contributed by atoms with Crippen molar-refractivity contribution in [3.8, 4) is 22.5 Å². The summed E-state index contributed by atoms with van der Waals surface area (Å²) in [6.45, 7) is 4.88. The second kappa shape index (κ2) is 12.2. The number of piperazine rings is 1. The number of hydrogen-bond donors (Lipinski definition) is 0. The van der Waals surface area contributed by atoms with E-state index in [1.165, 1.54) is 0 Å². The molecule has 2 saturated heterocycles. The monoisotopic (exact) mass is 534 g/mol. The first kappa shape index (κ1) is 26.5. The van der Waals surface area contributed by atoms with Crippen LogP contribution < -0.4 is 0 Å². The standard InChI is InChI=1S/C34H38N4O2/c39-33(23-26-9-7-8-10-26)37-17-15-30(16-18-37)36-19-21-38(22-20-36)34(40)29-24-31(27-11-3-1-4-12-27)35-32(25-29)28-13-5-2-6-14-28/h1-7,9,11-14,24-26,30H,8,10,15-23H2. The Hall–Kier alpha value is -3.77. The van der Waals surface area contributed by atoms with Crippen LogP contribution in [0, 0.1) is 5.92 Å².